The Labute approximate surface area is 297 Å². The quantitative estimate of drug-likeness (QED) is 0.0445. The molecule has 1 saturated carbocycles. The Morgan fingerprint density at radius 3 is 1.53 bits per heavy atom. The van der Waals surface area contributed by atoms with Gasteiger partial charge in [-0.3, -0.25) is 19.2 Å². The summed E-state index contributed by atoms with van der Waals surface area (Å²) >= 11 is 0. The van der Waals surface area contributed by atoms with Crippen molar-refractivity contribution in [3.8, 4) is 0 Å². The molecule has 1 unspecified atom stereocenters. The minimum Gasteiger partial charge on any atom is -0.481 e. The summed E-state index contributed by atoms with van der Waals surface area (Å²) in [5.41, 5.74) is 0. The van der Waals surface area contributed by atoms with E-state index in [0.29, 0.717) is 44.7 Å². The van der Waals surface area contributed by atoms with Crippen molar-refractivity contribution in [2.24, 2.45) is 11.8 Å². The van der Waals surface area contributed by atoms with Crippen LogP contribution in [0.3, 0.4) is 0 Å². The number of carboxylic acids is 2. The van der Waals surface area contributed by atoms with E-state index in [9.17, 15) is 29.1 Å². The van der Waals surface area contributed by atoms with Crippen LogP contribution in [0.2, 0.25) is 0 Å². The Morgan fingerprint density at radius 1 is 0.571 bits per heavy atom. The Bertz CT molecular complexity index is 905. The predicted molar refractivity (Wildman–Crippen MR) is 195 cm³/mol. The molecule has 10 heteroatoms. The van der Waals surface area contributed by atoms with Crippen molar-refractivity contribution in [1.82, 2.24) is 16.0 Å². The molecule has 0 aromatic rings. The highest BCUT2D eigenvalue weighted by Crippen LogP contribution is 2.29. The summed E-state index contributed by atoms with van der Waals surface area (Å²) in [6.07, 6.45) is 27.3. The summed E-state index contributed by atoms with van der Waals surface area (Å²) in [4.78, 5) is 59.4. The normalized spacial score (nSPS) is 16.5. The molecule has 0 radical (unpaired) electrons. The third-order valence-corrected chi connectivity index (χ3v) is 9.98. The first kappa shape index (κ1) is 44.4. The zero-order chi connectivity index (χ0) is 36.0. The lowest BCUT2D eigenvalue weighted by molar-refractivity contribution is -0.143. The van der Waals surface area contributed by atoms with Crippen LogP contribution in [0, 0.1) is 11.8 Å². The number of carbonyl (C=O) groups excluding carboxylic acids is 3. The number of hydrogen-bond acceptors (Lipinski definition) is 5. The van der Waals surface area contributed by atoms with E-state index in [1.54, 1.807) is 0 Å². The average molecular weight is 694 g/mol. The van der Waals surface area contributed by atoms with Gasteiger partial charge in [-0.2, -0.15) is 0 Å². The first-order valence-corrected chi connectivity index (χ1v) is 20.0. The molecule has 1 atom stereocenters. The van der Waals surface area contributed by atoms with Crippen LogP contribution >= 0.6 is 0 Å². The molecule has 0 heterocycles. The SMILES string of the molecule is CCCCCCNC(=O)CCC(NC(=O)C1CCC(CNC(=O)CCCCCCCCCCCCCCCCCCC(=O)O)CC1)C(=O)O. The Kier molecular flexibility index (Phi) is 27.3. The van der Waals surface area contributed by atoms with Crippen LogP contribution < -0.4 is 16.0 Å². The van der Waals surface area contributed by atoms with Gasteiger partial charge < -0.3 is 26.2 Å². The summed E-state index contributed by atoms with van der Waals surface area (Å²) in [7, 11) is 0. The van der Waals surface area contributed by atoms with E-state index in [2.05, 4.69) is 22.9 Å². The van der Waals surface area contributed by atoms with Crippen molar-refractivity contribution in [2.45, 2.75) is 193 Å². The molecule has 1 aliphatic carbocycles. The van der Waals surface area contributed by atoms with E-state index in [4.69, 9.17) is 5.11 Å². The van der Waals surface area contributed by atoms with Crippen molar-refractivity contribution in [2.75, 3.05) is 13.1 Å². The summed E-state index contributed by atoms with van der Waals surface area (Å²) in [6, 6.07) is -1.07. The van der Waals surface area contributed by atoms with Crippen LogP contribution in [0.5, 0.6) is 0 Å². The van der Waals surface area contributed by atoms with Crippen LogP contribution in [0.4, 0.5) is 0 Å². The fourth-order valence-electron chi connectivity index (χ4n) is 6.70. The average Bonchev–Trinajstić information content (AvgIpc) is 3.08. The highest BCUT2D eigenvalue weighted by molar-refractivity contribution is 5.85. The molecule has 10 nitrogen and oxygen atoms in total. The van der Waals surface area contributed by atoms with E-state index in [1.165, 1.54) is 70.6 Å². The zero-order valence-electron chi connectivity index (χ0n) is 30.9. The molecule has 49 heavy (non-hydrogen) atoms. The van der Waals surface area contributed by atoms with Crippen LogP contribution in [0.1, 0.15) is 187 Å². The molecule has 1 fully saturated rings. The number of carbonyl (C=O) groups is 5. The summed E-state index contributed by atoms with van der Waals surface area (Å²) < 4.78 is 0. The molecular weight excluding hydrogens is 622 g/mol. The Balaban J connectivity index is 1.99. The van der Waals surface area contributed by atoms with Crippen molar-refractivity contribution in [1.29, 1.82) is 0 Å². The van der Waals surface area contributed by atoms with Crippen molar-refractivity contribution < 1.29 is 34.2 Å². The molecule has 0 bridgehead atoms. The van der Waals surface area contributed by atoms with Gasteiger partial charge in [0.2, 0.25) is 17.7 Å². The second-order valence-electron chi connectivity index (χ2n) is 14.4. The Morgan fingerprint density at radius 2 is 1.04 bits per heavy atom. The lowest BCUT2D eigenvalue weighted by Gasteiger charge is -2.28. The molecule has 0 aromatic carbocycles. The van der Waals surface area contributed by atoms with E-state index < -0.39 is 18.0 Å². The molecule has 0 aromatic heterocycles. The minimum atomic E-state index is -1.12. The van der Waals surface area contributed by atoms with Crippen LogP contribution in [-0.4, -0.2) is 59.0 Å². The largest absolute Gasteiger partial charge is 0.481 e. The first-order chi connectivity index (χ1) is 23.7. The van der Waals surface area contributed by atoms with Crippen LogP contribution in [-0.2, 0) is 24.0 Å². The fourth-order valence-corrected chi connectivity index (χ4v) is 6.70. The van der Waals surface area contributed by atoms with Crippen molar-refractivity contribution >= 4 is 29.7 Å². The monoisotopic (exact) mass is 694 g/mol. The van der Waals surface area contributed by atoms with Gasteiger partial charge in [0.1, 0.15) is 6.04 Å². The molecule has 1 aliphatic rings. The zero-order valence-corrected chi connectivity index (χ0v) is 30.9. The standard InChI is InChI=1S/C39H71N3O7/c1-2-3-4-21-30-40-36(44)29-28-34(39(48)49)42-38(47)33-26-24-32(25-27-33)31-41-35(43)22-19-17-15-13-11-9-7-5-6-8-10-12-14-16-18-20-23-37(45)46/h32-34H,2-31H2,1H3,(H,40,44)(H,41,43)(H,42,47)(H,45,46)(H,48,49). The molecule has 3 amide bonds. The van der Waals surface area contributed by atoms with Crippen LogP contribution in [0.25, 0.3) is 0 Å². The van der Waals surface area contributed by atoms with Gasteiger partial charge in [0.05, 0.1) is 0 Å². The van der Waals surface area contributed by atoms with Crippen molar-refractivity contribution in [3.63, 3.8) is 0 Å². The maximum absolute atomic E-state index is 12.8. The number of nitrogens with one attached hydrogen (secondary N) is 3. The topological polar surface area (TPSA) is 162 Å². The number of rotatable bonds is 32. The van der Waals surface area contributed by atoms with Gasteiger partial charge in [-0.1, -0.05) is 116 Å². The number of aliphatic carboxylic acids is 2. The lowest BCUT2D eigenvalue weighted by atomic mass is 9.81. The predicted octanol–water partition coefficient (Wildman–Crippen LogP) is 8.06. The third kappa shape index (κ3) is 25.9. The molecule has 0 aliphatic heterocycles. The van der Waals surface area contributed by atoms with Crippen LogP contribution in [0.15, 0.2) is 0 Å². The molecule has 5 N–H and O–H groups in total. The van der Waals surface area contributed by atoms with Gasteiger partial charge >= 0.3 is 11.9 Å². The van der Waals surface area contributed by atoms with Gasteiger partial charge in [-0.15, -0.1) is 0 Å². The number of hydrogen-bond donors (Lipinski definition) is 5. The Hall–Kier alpha value is -2.65. The summed E-state index contributed by atoms with van der Waals surface area (Å²) in [5, 5.41) is 26.8. The lowest BCUT2D eigenvalue weighted by Crippen LogP contribution is -2.45. The van der Waals surface area contributed by atoms with E-state index >= 15 is 0 Å². The highest BCUT2D eigenvalue weighted by atomic mass is 16.4. The van der Waals surface area contributed by atoms with Gasteiger partial charge in [0.25, 0.3) is 0 Å². The van der Waals surface area contributed by atoms with Gasteiger partial charge in [0.15, 0.2) is 0 Å². The van der Waals surface area contributed by atoms with Crippen molar-refractivity contribution in [3.05, 3.63) is 0 Å². The molecular formula is C39H71N3O7. The fraction of sp³-hybridized carbons (Fsp3) is 0.872. The molecule has 284 valence electrons. The minimum absolute atomic E-state index is 0.0709. The smallest absolute Gasteiger partial charge is 0.326 e. The highest BCUT2D eigenvalue weighted by Gasteiger charge is 2.29. The summed E-state index contributed by atoms with van der Waals surface area (Å²) in [6.45, 7) is 3.35. The summed E-state index contributed by atoms with van der Waals surface area (Å²) in [5.74, 6) is -2.02. The number of amides is 3. The van der Waals surface area contributed by atoms with E-state index in [0.717, 1.165) is 70.6 Å². The number of unbranched alkanes of at least 4 members (excludes halogenated alkanes) is 18. The number of carboxylic acid groups (broad SMARTS) is 2. The van der Waals surface area contributed by atoms with E-state index in [-0.39, 0.29) is 36.5 Å². The van der Waals surface area contributed by atoms with Gasteiger partial charge in [-0.05, 0) is 57.3 Å². The van der Waals surface area contributed by atoms with Gasteiger partial charge in [0, 0.05) is 38.3 Å². The maximum atomic E-state index is 12.8. The molecule has 1 rings (SSSR count). The maximum Gasteiger partial charge on any atom is 0.326 e. The second kappa shape index (κ2) is 30.2. The second-order valence-corrected chi connectivity index (χ2v) is 14.4. The van der Waals surface area contributed by atoms with E-state index in [1.807, 2.05) is 0 Å². The molecule has 0 saturated heterocycles. The molecule has 0 spiro atoms. The first-order valence-electron chi connectivity index (χ1n) is 20.0. The van der Waals surface area contributed by atoms with Gasteiger partial charge in [-0.25, -0.2) is 4.79 Å². The third-order valence-electron chi connectivity index (χ3n) is 9.98.